The van der Waals surface area contributed by atoms with Crippen LogP contribution in [0.25, 0.3) is 0 Å². The molecule has 94 valence electrons. The first-order chi connectivity index (χ1) is 8.00. The zero-order chi connectivity index (χ0) is 12.9. The van der Waals surface area contributed by atoms with Gasteiger partial charge in [0.05, 0.1) is 0 Å². The maximum atomic E-state index is 12.1. The minimum absolute atomic E-state index is 0.0705. The van der Waals surface area contributed by atoms with Crippen LogP contribution in [-0.4, -0.2) is 27.5 Å². The molecule has 1 aromatic rings. The van der Waals surface area contributed by atoms with Crippen molar-refractivity contribution in [1.82, 2.24) is 0 Å². The molecule has 1 aromatic carbocycles. The zero-order valence-electron chi connectivity index (χ0n) is 10.9. The molecule has 0 aliphatic rings. The second-order valence-corrected chi connectivity index (χ2v) is 7.59. The summed E-state index contributed by atoms with van der Waals surface area (Å²) in [5.41, 5.74) is 0. The molecule has 1 atom stereocenters. The number of carbonyl (C=O) groups excluding carboxylic acids is 1. The molecule has 17 heavy (non-hydrogen) atoms. The van der Waals surface area contributed by atoms with E-state index in [-0.39, 0.29) is 31.2 Å². The Labute approximate surface area is 110 Å². The van der Waals surface area contributed by atoms with Crippen LogP contribution >= 0.6 is 0 Å². The van der Waals surface area contributed by atoms with Crippen molar-refractivity contribution in [2.75, 3.05) is 6.61 Å². The summed E-state index contributed by atoms with van der Waals surface area (Å²) in [4.78, 5) is 12.1. The molecular weight excluding hydrogens is 279 g/mol. The van der Waals surface area contributed by atoms with Gasteiger partial charge in [-0.05, 0) is 0 Å². The van der Waals surface area contributed by atoms with Crippen molar-refractivity contribution in [3.8, 4) is 0 Å². The molecule has 3 heteroatoms. The summed E-state index contributed by atoms with van der Waals surface area (Å²) in [6.07, 6.45) is 0. The molecule has 0 bridgehead atoms. The summed E-state index contributed by atoms with van der Waals surface area (Å²) < 4.78 is 6.07. The van der Waals surface area contributed by atoms with Crippen LogP contribution < -0.4 is 4.46 Å². The Balaban J connectivity index is 2.89. The average molecular weight is 299 g/mol. The Kier molecular flexibility index (Phi) is 5.23. The van der Waals surface area contributed by atoms with Crippen LogP contribution in [0.5, 0.6) is 0 Å². The summed E-state index contributed by atoms with van der Waals surface area (Å²) in [5, 5.41) is 0. The monoisotopic (exact) mass is 300 g/mol. The van der Waals surface area contributed by atoms with Crippen LogP contribution in [0.4, 0.5) is 0 Å². The van der Waals surface area contributed by atoms with Crippen molar-refractivity contribution in [1.29, 1.82) is 0 Å². The predicted molar refractivity (Wildman–Crippen MR) is 71.7 cm³/mol. The third-order valence-electron chi connectivity index (χ3n) is 2.86. The Morgan fingerprint density at radius 3 is 2.41 bits per heavy atom. The van der Waals surface area contributed by atoms with Crippen LogP contribution in [0.15, 0.2) is 30.3 Å². The molecule has 0 saturated heterocycles. The fourth-order valence-corrected chi connectivity index (χ4v) is 3.84. The van der Waals surface area contributed by atoms with E-state index in [1.165, 1.54) is 4.46 Å². The van der Waals surface area contributed by atoms with Gasteiger partial charge in [0.1, 0.15) is 0 Å². The summed E-state index contributed by atoms with van der Waals surface area (Å²) in [7, 11) is 0. The van der Waals surface area contributed by atoms with E-state index in [2.05, 4.69) is 26.0 Å². The van der Waals surface area contributed by atoms with E-state index in [4.69, 9.17) is 4.74 Å². The molecule has 0 aromatic heterocycles. The third kappa shape index (κ3) is 3.58. The second kappa shape index (κ2) is 6.23. The van der Waals surface area contributed by atoms with Gasteiger partial charge < -0.3 is 0 Å². The summed E-state index contributed by atoms with van der Waals surface area (Å²) in [6.45, 7) is 8.49. The molecule has 0 spiro atoms. The van der Waals surface area contributed by atoms with Gasteiger partial charge in [0.25, 0.3) is 0 Å². The first-order valence-corrected chi connectivity index (χ1v) is 7.63. The fraction of sp³-hybridized carbons (Fsp3) is 0.500. The Morgan fingerprint density at radius 1 is 1.35 bits per heavy atom. The average Bonchev–Trinajstić information content (AvgIpc) is 2.30. The van der Waals surface area contributed by atoms with E-state index in [0.29, 0.717) is 6.61 Å². The molecule has 0 saturated carbocycles. The van der Waals surface area contributed by atoms with E-state index in [9.17, 15) is 4.79 Å². The fourth-order valence-electron chi connectivity index (χ4n) is 1.40. The van der Waals surface area contributed by atoms with E-state index >= 15 is 0 Å². The molecule has 0 aliphatic heterocycles. The summed E-state index contributed by atoms with van der Waals surface area (Å²) >= 11 is 0.0919. The van der Waals surface area contributed by atoms with Crippen molar-refractivity contribution in [2.45, 2.75) is 32.0 Å². The first-order valence-electron chi connectivity index (χ1n) is 5.92. The van der Waals surface area contributed by atoms with Gasteiger partial charge in [0, 0.05) is 0 Å². The van der Waals surface area contributed by atoms with Crippen molar-refractivity contribution in [3.63, 3.8) is 0 Å². The quantitative estimate of drug-likeness (QED) is 0.616. The van der Waals surface area contributed by atoms with Gasteiger partial charge in [-0.1, -0.05) is 0 Å². The number of rotatable bonds is 5. The molecule has 0 amide bonds. The van der Waals surface area contributed by atoms with Crippen LogP contribution in [0.1, 0.15) is 27.7 Å². The van der Waals surface area contributed by atoms with E-state index in [1.54, 1.807) is 0 Å². The van der Waals surface area contributed by atoms with Crippen molar-refractivity contribution in [2.24, 2.45) is 5.92 Å². The minimum atomic E-state index is -0.385. The van der Waals surface area contributed by atoms with Gasteiger partial charge in [-0.25, -0.2) is 0 Å². The molecule has 0 radical (unpaired) electrons. The van der Waals surface area contributed by atoms with Crippen molar-refractivity contribution >= 4 is 25.4 Å². The van der Waals surface area contributed by atoms with Gasteiger partial charge in [0.2, 0.25) is 0 Å². The van der Waals surface area contributed by atoms with Gasteiger partial charge in [0.15, 0.2) is 0 Å². The van der Waals surface area contributed by atoms with Crippen molar-refractivity contribution in [3.05, 3.63) is 30.3 Å². The van der Waals surface area contributed by atoms with E-state index < -0.39 is 0 Å². The van der Waals surface area contributed by atoms with Crippen LogP contribution in [0.2, 0.25) is 4.31 Å². The van der Waals surface area contributed by atoms with Gasteiger partial charge >= 0.3 is 110 Å². The number of hydrogen-bond acceptors (Lipinski definition) is 2. The Hall–Kier alpha value is -0.791. The van der Waals surface area contributed by atoms with E-state index in [0.717, 1.165) is 0 Å². The number of benzene rings is 1. The van der Waals surface area contributed by atoms with Crippen LogP contribution in [-0.2, 0) is 9.53 Å². The maximum absolute atomic E-state index is 12.1. The van der Waals surface area contributed by atoms with Gasteiger partial charge in [-0.3, -0.25) is 0 Å². The standard InChI is InChI=1S/C14H20O2Se/c1-5-16-13(15)14(4,11(2)3)17-12-9-7-6-8-10-12/h6-11H,5H2,1-4H3. The topological polar surface area (TPSA) is 26.3 Å². The summed E-state index contributed by atoms with van der Waals surface area (Å²) in [5.74, 6) is 0.209. The summed E-state index contributed by atoms with van der Waals surface area (Å²) in [6, 6.07) is 10.2. The van der Waals surface area contributed by atoms with Gasteiger partial charge in [-0.2, -0.15) is 0 Å². The Bertz CT molecular complexity index is 362. The zero-order valence-corrected chi connectivity index (χ0v) is 12.6. The Morgan fingerprint density at radius 2 is 1.94 bits per heavy atom. The molecule has 0 fully saturated rings. The van der Waals surface area contributed by atoms with E-state index in [1.807, 2.05) is 32.0 Å². The van der Waals surface area contributed by atoms with Crippen LogP contribution in [0.3, 0.4) is 0 Å². The number of ether oxygens (including phenoxy) is 1. The number of carbonyl (C=O) groups is 1. The molecular formula is C14H20O2Se. The van der Waals surface area contributed by atoms with Crippen molar-refractivity contribution < 1.29 is 9.53 Å². The predicted octanol–water partition coefficient (Wildman–Crippen LogP) is 2.41. The molecule has 1 rings (SSSR count). The normalized spacial score (nSPS) is 14.4. The number of hydrogen-bond donors (Lipinski definition) is 0. The molecule has 1 unspecified atom stereocenters. The van der Waals surface area contributed by atoms with Gasteiger partial charge in [-0.15, -0.1) is 0 Å². The molecule has 0 heterocycles. The number of esters is 1. The SMILES string of the molecule is CCOC(=O)C(C)([Se]c1ccccc1)C(C)C. The first kappa shape index (κ1) is 14.3. The third-order valence-corrected chi connectivity index (χ3v) is 6.15. The molecule has 0 N–H and O–H groups in total. The van der Waals surface area contributed by atoms with Crippen LogP contribution in [0, 0.1) is 5.92 Å². The molecule has 2 nitrogen and oxygen atoms in total. The second-order valence-electron chi connectivity index (χ2n) is 4.40. The molecule has 0 aliphatic carbocycles.